The summed E-state index contributed by atoms with van der Waals surface area (Å²) in [6.07, 6.45) is 1.14. The van der Waals surface area contributed by atoms with Gasteiger partial charge in [-0.1, -0.05) is 18.7 Å². The van der Waals surface area contributed by atoms with Crippen LogP contribution in [0.5, 0.6) is 11.5 Å². The van der Waals surface area contributed by atoms with E-state index in [9.17, 15) is 0 Å². The number of nitrogens with one attached hydrogen (secondary N) is 1. The Bertz CT molecular complexity index is 463. The Morgan fingerprint density at radius 2 is 2.21 bits per heavy atom. The molecule has 4 nitrogen and oxygen atoms in total. The highest BCUT2D eigenvalue weighted by molar-refractivity contribution is 8.14. The highest BCUT2D eigenvalue weighted by Crippen LogP contribution is 2.25. The van der Waals surface area contributed by atoms with Crippen molar-refractivity contribution in [2.75, 3.05) is 20.0 Å². The van der Waals surface area contributed by atoms with Gasteiger partial charge in [0.15, 0.2) is 5.17 Å². The van der Waals surface area contributed by atoms with Gasteiger partial charge in [-0.2, -0.15) is 0 Å². The first-order valence-corrected chi connectivity index (χ1v) is 7.40. The maximum Gasteiger partial charge on any atom is 0.157 e. The molecule has 0 saturated carbocycles. The van der Waals surface area contributed by atoms with Crippen molar-refractivity contribution in [1.82, 2.24) is 5.32 Å². The summed E-state index contributed by atoms with van der Waals surface area (Å²) >= 11 is 1.79. The average molecular weight is 280 g/mol. The minimum Gasteiger partial charge on any atom is -0.497 e. The van der Waals surface area contributed by atoms with E-state index in [0.717, 1.165) is 34.4 Å². The molecule has 0 amide bonds. The van der Waals surface area contributed by atoms with E-state index in [1.807, 2.05) is 18.2 Å². The second kappa shape index (κ2) is 6.70. The molecule has 0 spiro atoms. The molecular formula is C14H20N2O2S. The van der Waals surface area contributed by atoms with Gasteiger partial charge in [-0.05, 0) is 18.6 Å². The molecule has 1 unspecified atom stereocenters. The summed E-state index contributed by atoms with van der Waals surface area (Å²) in [5.74, 6) is 2.72. The quantitative estimate of drug-likeness (QED) is 0.900. The third-order valence-electron chi connectivity index (χ3n) is 3.13. The smallest absolute Gasteiger partial charge is 0.157 e. The van der Waals surface area contributed by atoms with Crippen LogP contribution in [0.4, 0.5) is 0 Å². The summed E-state index contributed by atoms with van der Waals surface area (Å²) < 4.78 is 10.6. The first-order valence-electron chi connectivity index (χ1n) is 6.41. The van der Waals surface area contributed by atoms with Crippen LogP contribution in [0, 0.1) is 0 Å². The Labute approximate surface area is 118 Å². The third-order valence-corrected chi connectivity index (χ3v) is 4.22. The van der Waals surface area contributed by atoms with E-state index in [1.54, 1.807) is 26.0 Å². The zero-order valence-electron chi connectivity index (χ0n) is 11.6. The van der Waals surface area contributed by atoms with Gasteiger partial charge in [-0.15, -0.1) is 0 Å². The predicted molar refractivity (Wildman–Crippen MR) is 80.4 cm³/mol. The van der Waals surface area contributed by atoms with Crippen molar-refractivity contribution in [3.63, 3.8) is 0 Å². The zero-order chi connectivity index (χ0) is 13.7. The van der Waals surface area contributed by atoms with Crippen molar-refractivity contribution in [3.8, 4) is 11.5 Å². The Balaban J connectivity index is 2.05. The molecule has 1 atom stereocenters. The summed E-state index contributed by atoms with van der Waals surface area (Å²) in [7, 11) is 3.32. The average Bonchev–Trinajstić information content (AvgIpc) is 2.92. The van der Waals surface area contributed by atoms with E-state index < -0.39 is 0 Å². The SMILES string of the molecule is CCC1CSC(=NCc2ccc(OC)cc2OC)N1. The highest BCUT2D eigenvalue weighted by Gasteiger charge is 2.18. The molecule has 1 heterocycles. The van der Waals surface area contributed by atoms with Crippen LogP contribution in [0.1, 0.15) is 18.9 Å². The lowest BCUT2D eigenvalue weighted by Gasteiger charge is -2.09. The Kier molecular flexibility index (Phi) is 4.96. The summed E-state index contributed by atoms with van der Waals surface area (Å²) in [4.78, 5) is 4.60. The molecule has 19 heavy (non-hydrogen) atoms. The summed E-state index contributed by atoms with van der Waals surface area (Å²) in [6, 6.07) is 6.38. The first kappa shape index (κ1) is 14.1. The molecule has 1 aromatic carbocycles. The van der Waals surface area contributed by atoms with Crippen molar-refractivity contribution in [2.24, 2.45) is 4.99 Å². The van der Waals surface area contributed by atoms with Crippen LogP contribution in [0.2, 0.25) is 0 Å². The lowest BCUT2D eigenvalue weighted by Crippen LogP contribution is -2.25. The van der Waals surface area contributed by atoms with Gasteiger partial charge in [-0.3, -0.25) is 4.99 Å². The molecule has 5 heteroatoms. The van der Waals surface area contributed by atoms with Crippen molar-refractivity contribution < 1.29 is 9.47 Å². The van der Waals surface area contributed by atoms with Crippen molar-refractivity contribution in [1.29, 1.82) is 0 Å². The topological polar surface area (TPSA) is 42.9 Å². The number of aliphatic imine (C=N–C) groups is 1. The van der Waals surface area contributed by atoms with Gasteiger partial charge in [0.2, 0.25) is 0 Å². The number of methoxy groups -OCH3 is 2. The molecule has 0 radical (unpaired) electrons. The van der Waals surface area contributed by atoms with E-state index in [0.29, 0.717) is 12.6 Å². The van der Waals surface area contributed by atoms with Crippen LogP contribution < -0.4 is 14.8 Å². The van der Waals surface area contributed by atoms with Crippen LogP contribution in [0.25, 0.3) is 0 Å². The molecule has 2 rings (SSSR count). The number of amidine groups is 1. The number of thioether (sulfide) groups is 1. The number of benzene rings is 1. The third kappa shape index (κ3) is 3.56. The molecule has 0 aromatic heterocycles. The zero-order valence-corrected chi connectivity index (χ0v) is 12.4. The molecule has 1 aliphatic heterocycles. The minimum absolute atomic E-state index is 0.557. The Morgan fingerprint density at radius 3 is 2.84 bits per heavy atom. The monoisotopic (exact) mass is 280 g/mol. The number of ether oxygens (including phenoxy) is 2. The van der Waals surface area contributed by atoms with Gasteiger partial charge >= 0.3 is 0 Å². The molecule has 1 aliphatic rings. The van der Waals surface area contributed by atoms with E-state index in [1.165, 1.54) is 0 Å². The second-order valence-electron chi connectivity index (χ2n) is 4.36. The highest BCUT2D eigenvalue weighted by atomic mass is 32.2. The predicted octanol–water partition coefficient (Wildman–Crippen LogP) is 2.67. The van der Waals surface area contributed by atoms with Crippen molar-refractivity contribution in [2.45, 2.75) is 25.9 Å². The second-order valence-corrected chi connectivity index (χ2v) is 5.37. The molecule has 1 saturated heterocycles. The fourth-order valence-electron chi connectivity index (χ4n) is 1.89. The lowest BCUT2D eigenvalue weighted by molar-refractivity contribution is 0.391. The van der Waals surface area contributed by atoms with E-state index in [2.05, 4.69) is 17.2 Å². The van der Waals surface area contributed by atoms with Crippen LogP contribution in [0.15, 0.2) is 23.2 Å². The van der Waals surface area contributed by atoms with Crippen molar-refractivity contribution >= 4 is 16.9 Å². The fraction of sp³-hybridized carbons (Fsp3) is 0.500. The van der Waals surface area contributed by atoms with Gasteiger partial charge in [0.05, 0.1) is 20.8 Å². The summed E-state index contributed by atoms with van der Waals surface area (Å²) in [5, 5.41) is 4.45. The van der Waals surface area contributed by atoms with Crippen LogP contribution in [-0.2, 0) is 6.54 Å². The largest absolute Gasteiger partial charge is 0.497 e. The van der Waals surface area contributed by atoms with E-state index >= 15 is 0 Å². The standard InChI is InChI=1S/C14H20N2O2S/c1-4-11-9-19-14(16-11)15-8-10-5-6-12(17-2)7-13(10)18-3/h5-7,11H,4,8-9H2,1-3H3,(H,15,16). The van der Waals surface area contributed by atoms with Crippen LogP contribution >= 0.6 is 11.8 Å². The normalized spacial score (nSPS) is 20.4. The molecule has 1 fully saturated rings. The Morgan fingerprint density at radius 1 is 1.37 bits per heavy atom. The van der Waals surface area contributed by atoms with E-state index in [-0.39, 0.29) is 0 Å². The maximum absolute atomic E-state index is 5.37. The first-order chi connectivity index (χ1) is 9.26. The van der Waals surface area contributed by atoms with Crippen molar-refractivity contribution in [3.05, 3.63) is 23.8 Å². The van der Waals surface area contributed by atoms with Gasteiger partial charge in [0.1, 0.15) is 11.5 Å². The molecule has 0 bridgehead atoms. The summed E-state index contributed by atoms with van der Waals surface area (Å²) in [6.45, 7) is 2.81. The number of nitrogens with zero attached hydrogens (tertiary/aromatic N) is 1. The van der Waals surface area contributed by atoms with Crippen LogP contribution in [0.3, 0.4) is 0 Å². The number of hydrogen-bond acceptors (Lipinski definition) is 4. The number of rotatable bonds is 5. The van der Waals surface area contributed by atoms with Gasteiger partial charge < -0.3 is 14.8 Å². The van der Waals surface area contributed by atoms with Gasteiger partial charge in [0.25, 0.3) is 0 Å². The lowest BCUT2D eigenvalue weighted by atomic mass is 10.2. The summed E-state index contributed by atoms with van der Waals surface area (Å²) in [5.41, 5.74) is 1.07. The van der Waals surface area contributed by atoms with E-state index in [4.69, 9.17) is 9.47 Å². The number of hydrogen-bond donors (Lipinski definition) is 1. The maximum atomic E-state index is 5.37. The molecule has 0 aliphatic carbocycles. The molecule has 1 N–H and O–H groups in total. The molecular weight excluding hydrogens is 260 g/mol. The minimum atomic E-state index is 0.557. The van der Waals surface area contributed by atoms with Gasteiger partial charge in [0, 0.05) is 23.4 Å². The molecule has 104 valence electrons. The Hall–Kier alpha value is -1.36. The van der Waals surface area contributed by atoms with Gasteiger partial charge in [-0.25, -0.2) is 0 Å². The van der Waals surface area contributed by atoms with Crippen LogP contribution in [-0.4, -0.2) is 31.2 Å². The molecule has 1 aromatic rings. The fourth-order valence-corrected chi connectivity index (χ4v) is 2.97.